The topological polar surface area (TPSA) is 165 Å². The summed E-state index contributed by atoms with van der Waals surface area (Å²) in [5.74, 6) is -0.683. The SMILES string of the molecule is Cc1ncsc1-c1ccc(CNC(=O)C2CC(O)CN2C(=O)C(NC(=O)COCCOCCOc2ccccc2N)C(C)(C)C)cc1. The number of nitrogens with one attached hydrogen (secondary N) is 2. The number of likely N-dealkylation sites (tertiary alicyclic amines) is 1. The van der Waals surface area contributed by atoms with E-state index in [1.54, 1.807) is 23.5 Å². The lowest BCUT2D eigenvalue weighted by Gasteiger charge is -2.35. The average molecular weight is 668 g/mol. The second kappa shape index (κ2) is 16.7. The Hall–Kier alpha value is -4.04. The number of amides is 3. The third kappa shape index (κ3) is 10.2. The molecule has 2 heterocycles. The lowest BCUT2D eigenvalue weighted by Crippen LogP contribution is -2.58. The molecule has 3 atom stereocenters. The van der Waals surface area contributed by atoms with Crippen molar-refractivity contribution in [2.45, 2.75) is 58.8 Å². The van der Waals surface area contributed by atoms with Crippen LogP contribution in [0.5, 0.6) is 5.75 Å². The van der Waals surface area contributed by atoms with E-state index in [0.717, 1.165) is 21.7 Å². The van der Waals surface area contributed by atoms with Gasteiger partial charge in [-0.15, -0.1) is 11.3 Å². The van der Waals surface area contributed by atoms with Crippen LogP contribution in [-0.2, 0) is 30.4 Å². The van der Waals surface area contributed by atoms with Crippen LogP contribution in [0.4, 0.5) is 5.69 Å². The van der Waals surface area contributed by atoms with Crippen LogP contribution in [0.1, 0.15) is 38.4 Å². The van der Waals surface area contributed by atoms with Crippen LogP contribution in [0.3, 0.4) is 0 Å². The minimum atomic E-state index is -0.944. The number of benzene rings is 2. The van der Waals surface area contributed by atoms with Gasteiger partial charge in [0.15, 0.2) is 0 Å². The Morgan fingerprint density at radius 3 is 2.45 bits per heavy atom. The van der Waals surface area contributed by atoms with Crippen molar-refractivity contribution in [1.29, 1.82) is 0 Å². The fourth-order valence-electron chi connectivity index (χ4n) is 5.19. The number of hydrogen-bond acceptors (Lipinski definition) is 10. The van der Waals surface area contributed by atoms with E-state index in [4.69, 9.17) is 19.9 Å². The summed E-state index contributed by atoms with van der Waals surface area (Å²) in [5, 5.41) is 16.1. The maximum atomic E-state index is 13.8. The summed E-state index contributed by atoms with van der Waals surface area (Å²) in [7, 11) is 0. The molecule has 1 aliphatic heterocycles. The van der Waals surface area contributed by atoms with Crippen molar-refractivity contribution in [1.82, 2.24) is 20.5 Å². The lowest BCUT2D eigenvalue weighted by molar-refractivity contribution is -0.144. The van der Waals surface area contributed by atoms with Crippen molar-refractivity contribution in [3.63, 3.8) is 0 Å². The number of carbonyl (C=O) groups excluding carboxylic acids is 3. The number of nitrogens with zero attached hydrogens (tertiary/aromatic N) is 2. The van der Waals surface area contributed by atoms with Crippen molar-refractivity contribution in [2.24, 2.45) is 5.41 Å². The first-order valence-electron chi connectivity index (χ1n) is 15.6. The van der Waals surface area contributed by atoms with E-state index in [0.29, 0.717) is 24.7 Å². The van der Waals surface area contributed by atoms with E-state index >= 15 is 0 Å². The predicted molar refractivity (Wildman–Crippen MR) is 180 cm³/mol. The minimum Gasteiger partial charge on any atom is -0.489 e. The molecule has 2 aromatic carbocycles. The van der Waals surface area contributed by atoms with Gasteiger partial charge in [-0.2, -0.15) is 0 Å². The number of thiazole rings is 1. The summed E-state index contributed by atoms with van der Waals surface area (Å²) in [6.45, 7) is 8.50. The number of rotatable bonds is 15. The third-order valence-electron chi connectivity index (χ3n) is 7.72. The molecular weight excluding hydrogens is 622 g/mol. The molecule has 3 amide bonds. The Bertz CT molecular complexity index is 1490. The van der Waals surface area contributed by atoms with E-state index < -0.39 is 35.4 Å². The van der Waals surface area contributed by atoms with Crippen molar-refractivity contribution in [3.05, 3.63) is 65.3 Å². The molecule has 4 rings (SSSR count). The highest BCUT2D eigenvalue weighted by atomic mass is 32.1. The molecule has 1 fully saturated rings. The maximum absolute atomic E-state index is 13.8. The Morgan fingerprint density at radius 2 is 1.77 bits per heavy atom. The molecule has 0 radical (unpaired) electrons. The maximum Gasteiger partial charge on any atom is 0.246 e. The van der Waals surface area contributed by atoms with Gasteiger partial charge < -0.3 is 40.6 Å². The fourth-order valence-corrected chi connectivity index (χ4v) is 6.00. The van der Waals surface area contributed by atoms with Gasteiger partial charge in [-0.1, -0.05) is 57.2 Å². The molecule has 1 aliphatic rings. The van der Waals surface area contributed by atoms with Crippen LogP contribution in [0.25, 0.3) is 10.4 Å². The van der Waals surface area contributed by atoms with Crippen LogP contribution in [-0.4, -0.2) is 90.5 Å². The molecule has 13 heteroatoms. The fraction of sp³-hybridized carbons (Fsp3) is 0.471. The average Bonchev–Trinajstić information content (AvgIpc) is 3.65. The Balaban J connectivity index is 1.23. The van der Waals surface area contributed by atoms with Crippen LogP contribution < -0.4 is 21.1 Å². The molecule has 47 heavy (non-hydrogen) atoms. The summed E-state index contributed by atoms with van der Waals surface area (Å²) in [6, 6.07) is 13.2. The number of nitrogens with two attached hydrogens (primary N) is 1. The molecule has 3 aromatic rings. The zero-order valence-corrected chi connectivity index (χ0v) is 28.2. The van der Waals surface area contributed by atoms with Crippen molar-refractivity contribution >= 4 is 34.7 Å². The van der Waals surface area contributed by atoms with Crippen LogP contribution in [0.2, 0.25) is 0 Å². The number of para-hydroxylation sites is 2. The molecule has 5 N–H and O–H groups in total. The standard InChI is InChI=1S/C34H45N5O7S/c1-22-30(47-21-37-22)24-11-9-23(10-12-24)18-36-32(42)27-17-25(40)19-39(27)33(43)31(34(2,3)4)38-29(41)20-45-14-13-44-15-16-46-28-8-6-5-7-26(28)35/h5-12,21,25,27,31,40H,13-20,35H2,1-4H3,(H,36,42)(H,38,41). The number of aliphatic hydroxyl groups is 1. The third-order valence-corrected chi connectivity index (χ3v) is 8.70. The summed E-state index contributed by atoms with van der Waals surface area (Å²) in [5.41, 5.74) is 10.5. The second-order valence-corrected chi connectivity index (χ2v) is 13.4. The first-order valence-corrected chi connectivity index (χ1v) is 16.5. The predicted octanol–water partition coefficient (Wildman–Crippen LogP) is 2.92. The van der Waals surface area contributed by atoms with Gasteiger partial charge in [-0.3, -0.25) is 14.4 Å². The number of aryl methyl sites for hydroxylation is 1. The van der Waals surface area contributed by atoms with Crippen LogP contribution in [0.15, 0.2) is 54.0 Å². The second-order valence-electron chi connectivity index (χ2n) is 12.5. The van der Waals surface area contributed by atoms with Gasteiger partial charge in [0.2, 0.25) is 17.7 Å². The van der Waals surface area contributed by atoms with E-state index in [2.05, 4.69) is 15.6 Å². The quantitative estimate of drug-likeness (QED) is 0.141. The normalized spacial score (nSPS) is 16.9. The number of carbonyl (C=O) groups is 3. The van der Waals surface area contributed by atoms with Gasteiger partial charge in [-0.25, -0.2) is 4.98 Å². The molecule has 254 valence electrons. The van der Waals surface area contributed by atoms with E-state index in [-0.39, 0.29) is 45.2 Å². The number of hydrogen-bond donors (Lipinski definition) is 4. The molecule has 3 unspecified atom stereocenters. The van der Waals surface area contributed by atoms with Crippen LogP contribution in [0, 0.1) is 12.3 Å². The molecular formula is C34H45N5O7S. The van der Waals surface area contributed by atoms with E-state index in [1.807, 2.05) is 69.6 Å². The zero-order valence-electron chi connectivity index (χ0n) is 27.4. The van der Waals surface area contributed by atoms with Gasteiger partial charge in [-0.05, 0) is 35.6 Å². The highest BCUT2D eigenvalue weighted by molar-refractivity contribution is 7.13. The monoisotopic (exact) mass is 667 g/mol. The molecule has 0 spiro atoms. The molecule has 12 nitrogen and oxygen atoms in total. The van der Waals surface area contributed by atoms with Gasteiger partial charge in [0.25, 0.3) is 0 Å². The largest absolute Gasteiger partial charge is 0.489 e. The van der Waals surface area contributed by atoms with E-state index in [9.17, 15) is 19.5 Å². The smallest absolute Gasteiger partial charge is 0.246 e. The van der Waals surface area contributed by atoms with Gasteiger partial charge in [0.1, 0.15) is 31.0 Å². The molecule has 0 bridgehead atoms. The number of nitrogen functional groups attached to an aromatic ring is 1. The number of ether oxygens (including phenoxy) is 3. The van der Waals surface area contributed by atoms with Gasteiger partial charge >= 0.3 is 0 Å². The Morgan fingerprint density at radius 1 is 1.06 bits per heavy atom. The number of aliphatic hydroxyl groups excluding tert-OH is 1. The molecule has 0 aliphatic carbocycles. The Kier molecular flexibility index (Phi) is 12.7. The first-order chi connectivity index (χ1) is 22.4. The summed E-state index contributed by atoms with van der Waals surface area (Å²) in [4.78, 5) is 46.6. The number of β-amino-alcohol motifs (C(OH)–C–C–N with tert-alkyl or cyclic N) is 1. The number of aromatic nitrogens is 1. The highest BCUT2D eigenvalue weighted by Gasteiger charge is 2.44. The summed E-state index contributed by atoms with van der Waals surface area (Å²) < 4.78 is 16.5. The first kappa shape index (κ1) is 35.8. The van der Waals surface area contributed by atoms with Crippen molar-refractivity contribution in [2.75, 3.05) is 45.3 Å². The summed E-state index contributed by atoms with van der Waals surface area (Å²) in [6.07, 6.45) is -0.745. The Labute approximate surface area is 279 Å². The van der Waals surface area contributed by atoms with E-state index in [1.165, 1.54) is 4.90 Å². The van der Waals surface area contributed by atoms with Gasteiger partial charge in [0.05, 0.1) is 47.7 Å². The molecule has 1 aromatic heterocycles. The van der Waals surface area contributed by atoms with Crippen molar-refractivity contribution < 1.29 is 33.7 Å². The highest BCUT2D eigenvalue weighted by Crippen LogP contribution is 2.28. The number of anilines is 1. The molecule has 0 saturated carbocycles. The zero-order chi connectivity index (χ0) is 34.0. The van der Waals surface area contributed by atoms with Crippen LogP contribution >= 0.6 is 11.3 Å². The minimum absolute atomic E-state index is 0.00329. The summed E-state index contributed by atoms with van der Waals surface area (Å²) >= 11 is 1.57. The molecule has 1 saturated heterocycles. The van der Waals surface area contributed by atoms with Crippen molar-refractivity contribution in [3.8, 4) is 16.2 Å². The lowest BCUT2D eigenvalue weighted by atomic mass is 9.85. The van der Waals surface area contributed by atoms with Gasteiger partial charge in [0, 0.05) is 19.5 Å².